The number of benzene rings is 2. The summed E-state index contributed by atoms with van der Waals surface area (Å²) in [5.74, 6) is -0.711. The summed E-state index contributed by atoms with van der Waals surface area (Å²) < 4.78 is 10.6. The van der Waals surface area contributed by atoms with Gasteiger partial charge in [0.25, 0.3) is 5.78 Å². The summed E-state index contributed by atoms with van der Waals surface area (Å²) in [6, 6.07) is 16.3. The molecule has 0 aliphatic carbocycles. The summed E-state index contributed by atoms with van der Waals surface area (Å²) in [5, 5.41) is 14.9. The molecule has 1 saturated heterocycles. The molecule has 0 saturated carbocycles. The number of carbonyl (C=O) groups excluding carboxylic acids is 2. The zero-order valence-corrected chi connectivity index (χ0v) is 15.8. The molecule has 4 rings (SSSR count). The maximum atomic E-state index is 13.0. The van der Waals surface area contributed by atoms with E-state index >= 15 is 0 Å². The van der Waals surface area contributed by atoms with Crippen LogP contribution < -0.4 is 9.64 Å². The van der Waals surface area contributed by atoms with Gasteiger partial charge >= 0.3 is 5.91 Å². The first-order valence-electron chi connectivity index (χ1n) is 8.95. The van der Waals surface area contributed by atoms with Crippen LogP contribution in [0.25, 0.3) is 5.76 Å². The first-order valence-corrected chi connectivity index (χ1v) is 8.95. The molecule has 2 heterocycles. The van der Waals surface area contributed by atoms with E-state index in [1.54, 1.807) is 67.6 Å². The lowest BCUT2D eigenvalue weighted by Crippen LogP contribution is -2.29. The van der Waals surface area contributed by atoms with Gasteiger partial charge in [-0.25, -0.2) is 0 Å². The number of nitrogens with zero attached hydrogens (tertiary/aromatic N) is 2. The molecule has 1 aliphatic heterocycles. The van der Waals surface area contributed by atoms with Crippen molar-refractivity contribution in [1.82, 2.24) is 5.16 Å². The van der Waals surface area contributed by atoms with Crippen molar-refractivity contribution in [1.29, 1.82) is 0 Å². The number of aliphatic hydroxyl groups is 1. The van der Waals surface area contributed by atoms with Crippen molar-refractivity contribution in [2.24, 2.45) is 0 Å². The monoisotopic (exact) mass is 390 g/mol. The number of aryl methyl sites for hydroxylation is 1. The molecule has 1 atom stereocenters. The second-order valence-corrected chi connectivity index (χ2v) is 6.57. The summed E-state index contributed by atoms with van der Waals surface area (Å²) in [6.45, 7) is 1.69. The van der Waals surface area contributed by atoms with E-state index in [-0.39, 0.29) is 17.2 Å². The third-order valence-electron chi connectivity index (χ3n) is 4.79. The van der Waals surface area contributed by atoms with Crippen LogP contribution in [0.2, 0.25) is 0 Å². The molecule has 7 nitrogen and oxygen atoms in total. The van der Waals surface area contributed by atoms with E-state index in [1.807, 2.05) is 0 Å². The quantitative estimate of drug-likeness (QED) is 0.416. The summed E-state index contributed by atoms with van der Waals surface area (Å²) in [4.78, 5) is 27.2. The highest BCUT2D eigenvalue weighted by Crippen LogP contribution is 2.44. The van der Waals surface area contributed by atoms with E-state index in [4.69, 9.17) is 9.26 Å². The normalized spacial score (nSPS) is 18.3. The van der Waals surface area contributed by atoms with Gasteiger partial charge in [-0.1, -0.05) is 53.7 Å². The Morgan fingerprint density at radius 1 is 1.10 bits per heavy atom. The largest absolute Gasteiger partial charge is 0.507 e. The summed E-state index contributed by atoms with van der Waals surface area (Å²) >= 11 is 0. The number of rotatable bonds is 4. The number of anilines is 1. The predicted octanol–water partition coefficient (Wildman–Crippen LogP) is 3.62. The fraction of sp³-hybridized carbons (Fsp3) is 0.136. The fourth-order valence-corrected chi connectivity index (χ4v) is 3.47. The maximum absolute atomic E-state index is 13.0. The topological polar surface area (TPSA) is 92.9 Å². The number of hydrogen-bond donors (Lipinski definition) is 1. The molecule has 0 unspecified atom stereocenters. The van der Waals surface area contributed by atoms with Crippen LogP contribution in [0.4, 0.5) is 5.82 Å². The number of amides is 1. The SMILES string of the molecule is COc1ccccc1[C@@H]1C(=C(O)c2ccccc2)C(=O)C(=O)N1c1cc(C)on1. The molecule has 2 aromatic carbocycles. The molecule has 7 heteroatoms. The molecular formula is C22H18N2O5. The second kappa shape index (κ2) is 7.27. The highest BCUT2D eigenvalue weighted by molar-refractivity contribution is 6.51. The fourth-order valence-electron chi connectivity index (χ4n) is 3.47. The van der Waals surface area contributed by atoms with Gasteiger partial charge in [0.15, 0.2) is 5.82 Å². The summed E-state index contributed by atoms with van der Waals surface area (Å²) in [5.41, 5.74) is 0.945. The van der Waals surface area contributed by atoms with Crippen molar-refractivity contribution >= 4 is 23.3 Å². The average Bonchev–Trinajstić information content (AvgIpc) is 3.29. The van der Waals surface area contributed by atoms with Gasteiger partial charge in [-0.2, -0.15) is 0 Å². The van der Waals surface area contributed by atoms with Crippen LogP contribution in [-0.2, 0) is 9.59 Å². The molecule has 1 N–H and O–H groups in total. The Kier molecular flexibility index (Phi) is 4.64. The number of ether oxygens (including phenoxy) is 1. The third-order valence-corrected chi connectivity index (χ3v) is 4.79. The van der Waals surface area contributed by atoms with Crippen LogP contribution in [0.15, 0.2) is 70.8 Å². The minimum Gasteiger partial charge on any atom is -0.507 e. The number of Topliss-reactive ketones (excluding diaryl/α,β-unsaturated/α-hetero) is 1. The Labute approximate surface area is 166 Å². The molecule has 1 aromatic heterocycles. The van der Waals surface area contributed by atoms with E-state index in [2.05, 4.69) is 5.16 Å². The lowest BCUT2D eigenvalue weighted by Gasteiger charge is -2.24. The highest BCUT2D eigenvalue weighted by atomic mass is 16.5. The van der Waals surface area contributed by atoms with E-state index in [1.165, 1.54) is 12.0 Å². The van der Waals surface area contributed by atoms with Gasteiger partial charge in [-0.15, -0.1) is 0 Å². The molecule has 1 fully saturated rings. The molecule has 1 amide bonds. The minimum atomic E-state index is -0.921. The zero-order valence-electron chi connectivity index (χ0n) is 15.8. The van der Waals surface area contributed by atoms with Crippen LogP contribution in [0, 0.1) is 6.92 Å². The minimum absolute atomic E-state index is 0.0358. The molecule has 0 spiro atoms. The summed E-state index contributed by atoms with van der Waals surface area (Å²) in [7, 11) is 1.50. The molecule has 0 bridgehead atoms. The Morgan fingerprint density at radius 3 is 2.45 bits per heavy atom. The second-order valence-electron chi connectivity index (χ2n) is 6.57. The lowest BCUT2D eigenvalue weighted by atomic mass is 9.94. The van der Waals surface area contributed by atoms with Gasteiger partial charge in [-0.3, -0.25) is 14.5 Å². The number of methoxy groups -OCH3 is 1. The molecule has 0 radical (unpaired) electrons. The molecule has 146 valence electrons. The molecule has 1 aliphatic rings. The average molecular weight is 390 g/mol. The lowest BCUT2D eigenvalue weighted by molar-refractivity contribution is -0.132. The number of ketones is 1. The van der Waals surface area contributed by atoms with Crippen molar-refractivity contribution in [3.05, 3.63) is 83.1 Å². The number of hydrogen-bond acceptors (Lipinski definition) is 6. The predicted molar refractivity (Wildman–Crippen MR) is 105 cm³/mol. The first-order chi connectivity index (χ1) is 14.0. The van der Waals surface area contributed by atoms with Gasteiger partial charge in [0.05, 0.1) is 12.7 Å². The highest BCUT2D eigenvalue weighted by Gasteiger charge is 2.48. The number of para-hydroxylation sites is 1. The smallest absolute Gasteiger partial charge is 0.301 e. The number of aromatic nitrogens is 1. The number of aliphatic hydroxyl groups excluding tert-OH is 1. The van der Waals surface area contributed by atoms with Crippen LogP contribution in [-0.4, -0.2) is 29.1 Å². The Balaban J connectivity index is 1.99. The van der Waals surface area contributed by atoms with Crippen molar-refractivity contribution in [2.45, 2.75) is 13.0 Å². The van der Waals surface area contributed by atoms with E-state index in [0.717, 1.165) is 0 Å². The van der Waals surface area contributed by atoms with Crippen molar-refractivity contribution in [2.75, 3.05) is 12.0 Å². The van der Waals surface area contributed by atoms with Crippen molar-refractivity contribution < 1.29 is 24.0 Å². The van der Waals surface area contributed by atoms with Crippen LogP contribution in [0.5, 0.6) is 5.75 Å². The Bertz CT molecular complexity index is 1120. The van der Waals surface area contributed by atoms with Gasteiger partial charge in [0.1, 0.15) is 23.3 Å². The molecular weight excluding hydrogens is 372 g/mol. The first kappa shape index (κ1) is 18.5. The van der Waals surface area contributed by atoms with Crippen LogP contribution in [0.1, 0.15) is 22.9 Å². The van der Waals surface area contributed by atoms with Crippen molar-refractivity contribution in [3.8, 4) is 5.75 Å². The standard InChI is InChI=1S/C22H18N2O5/c1-13-12-17(23-29-13)24-19(15-10-6-7-11-16(15)28-2)18(21(26)22(24)27)20(25)14-8-4-3-5-9-14/h3-12,19,25H,1-2H3/t19-/m1/s1. The number of carbonyl (C=O) groups is 2. The zero-order chi connectivity index (χ0) is 20.5. The van der Waals surface area contributed by atoms with Gasteiger partial charge in [0, 0.05) is 17.2 Å². The van der Waals surface area contributed by atoms with Gasteiger partial charge in [0.2, 0.25) is 0 Å². The van der Waals surface area contributed by atoms with Crippen LogP contribution >= 0.6 is 0 Å². The van der Waals surface area contributed by atoms with E-state index in [0.29, 0.717) is 22.6 Å². The molecule has 29 heavy (non-hydrogen) atoms. The van der Waals surface area contributed by atoms with Crippen molar-refractivity contribution in [3.63, 3.8) is 0 Å². The van der Waals surface area contributed by atoms with Crippen LogP contribution in [0.3, 0.4) is 0 Å². The van der Waals surface area contributed by atoms with E-state index in [9.17, 15) is 14.7 Å². The third kappa shape index (κ3) is 3.06. The van der Waals surface area contributed by atoms with Gasteiger partial charge < -0.3 is 14.4 Å². The Morgan fingerprint density at radius 2 is 1.79 bits per heavy atom. The Hall–Kier alpha value is -3.87. The van der Waals surface area contributed by atoms with Gasteiger partial charge in [-0.05, 0) is 13.0 Å². The summed E-state index contributed by atoms with van der Waals surface area (Å²) in [6.07, 6.45) is 0. The molecule has 3 aromatic rings. The van der Waals surface area contributed by atoms with E-state index < -0.39 is 17.7 Å². The maximum Gasteiger partial charge on any atom is 0.301 e.